The minimum Gasteiger partial charge on any atom is -0.368 e. The van der Waals surface area contributed by atoms with E-state index in [1.54, 1.807) is 0 Å². The van der Waals surface area contributed by atoms with Gasteiger partial charge in [0.15, 0.2) is 0 Å². The van der Waals surface area contributed by atoms with Crippen LogP contribution in [0.2, 0.25) is 0 Å². The smallest absolute Gasteiger partial charge is 0.213 e. The Hall–Kier alpha value is -1.32. The summed E-state index contributed by atoms with van der Waals surface area (Å²) in [6, 6.07) is 0. The van der Waals surface area contributed by atoms with Crippen LogP contribution in [0.15, 0.2) is 6.20 Å². The molecule has 12 heavy (non-hydrogen) atoms. The van der Waals surface area contributed by atoms with Crippen LogP contribution in [0.3, 0.4) is 0 Å². The second-order valence-corrected chi connectivity index (χ2v) is 3.14. The summed E-state index contributed by atoms with van der Waals surface area (Å²) in [6.07, 6.45) is 6.44. The van der Waals surface area contributed by atoms with Crippen molar-refractivity contribution < 1.29 is 0 Å². The molecular formula is C8H12N4. The topological polar surface area (TPSA) is 67.7 Å². The van der Waals surface area contributed by atoms with Gasteiger partial charge < -0.3 is 5.73 Å². The first-order chi connectivity index (χ1) is 5.77. The molecule has 0 aliphatic heterocycles. The molecule has 1 aromatic heterocycles. The number of aromatic nitrogens is 2. The van der Waals surface area contributed by atoms with Crippen LogP contribution in [0.5, 0.6) is 0 Å². The largest absolute Gasteiger partial charge is 0.368 e. The van der Waals surface area contributed by atoms with Crippen molar-refractivity contribution in [2.45, 2.75) is 25.7 Å². The third-order valence-corrected chi connectivity index (χ3v) is 2.23. The Morgan fingerprint density at radius 1 is 1.50 bits per heavy atom. The van der Waals surface area contributed by atoms with E-state index in [0.717, 1.165) is 18.5 Å². The van der Waals surface area contributed by atoms with Crippen molar-refractivity contribution >= 4 is 5.96 Å². The van der Waals surface area contributed by atoms with Crippen molar-refractivity contribution in [3.63, 3.8) is 0 Å². The number of rotatable bonds is 0. The minimum atomic E-state index is 0.00407. The van der Waals surface area contributed by atoms with Gasteiger partial charge in [-0.1, -0.05) is 0 Å². The van der Waals surface area contributed by atoms with Gasteiger partial charge >= 0.3 is 0 Å². The molecule has 1 heterocycles. The fourth-order valence-electron chi connectivity index (χ4n) is 1.60. The van der Waals surface area contributed by atoms with Gasteiger partial charge in [0.25, 0.3) is 0 Å². The monoisotopic (exact) mass is 164 g/mol. The molecule has 0 saturated carbocycles. The van der Waals surface area contributed by atoms with Gasteiger partial charge in [-0.15, -0.1) is 0 Å². The molecule has 0 atom stereocenters. The molecule has 0 amide bonds. The second kappa shape index (κ2) is 2.62. The van der Waals surface area contributed by atoms with E-state index in [9.17, 15) is 0 Å². The van der Waals surface area contributed by atoms with E-state index in [1.165, 1.54) is 23.1 Å². The van der Waals surface area contributed by atoms with Crippen LogP contribution in [0, 0.1) is 5.41 Å². The summed E-state index contributed by atoms with van der Waals surface area (Å²) in [5.41, 5.74) is 7.69. The zero-order chi connectivity index (χ0) is 8.55. The Morgan fingerprint density at radius 3 is 2.92 bits per heavy atom. The van der Waals surface area contributed by atoms with E-state index in [4.69, 9.17) is 11.1 Å². The van der Waals surface area contributed by atoms with E-state index in [1.807, 2.05) is 6.20 Å². The molecular weight excluding hydrogens is 152 g/mol. The van der Waals surface area contributed by atoms with Gasteiger partial charge in [0.1, 0.15) is 0 Å². The quantitative estimate of drug-likeness (QED) is 0.433. The molecule has 3 N–H and O–H groups in total. The lowest BCUT2D eigenvalue weighted by Crippen LogP contribution is -2.21. The lowest BCUT2D eigenvalue weighted by Gasteiger charge is -2.06. The molecule has 0 bridgehead atoms. The first-order valence-corrected chi connectivity index (χ1v) is 4.19. The number of hydrogen-bond acceptors (Lipinski definition) is 2. The highest BCUT2D eigenvalue weighted by Crippen LogP contribution is 2.18. The molecule has 0 fully saturated rings. The van der Waals surface area contributed by atoms with Crippen LogP contribution in [0.25, 0.3) is 0 Å². The highest BCUT2D eigenvalue weighted by atomic mass is 15.3. The average molecular weight is 164 g/mol. The first-order valence-electron chi connectivity index (χ1n) is 4.19. The second-order valence-electron chi connectivity index (χ2n) is 3.14. The number of nitrogens with zero attached hydrogens (tertiary/aromatic N) is 2. The van der Waals surface area contributed by atoms with Crippen LogP contribution in [-0.2, 0) is 12.8 Å². The third-order valence-electron chi connectivity index (χ3n) is 2.23. The van der Waals surface area contributed by atoms with E-state index >= 15 is 0 Å². The summed E-state index contributed by atoms with van der Waals surface area (Å²) in [6.45, 7) is 0. The van der Waals surface area contributed by atoms with Crippen LogP contribution < -0.4 is 5.73 Å². The van der Waals surface area contributed by atoms with Crippen molar-refractivity contribution in [2.24, 2.45) is 5.73 Å². The molecule has 4 nitrogen and oxygen atoms in total. The maximum Gasteiger partial charge on any atom is 0.213 e. The van der Waals surface area contributed by atoms with E-state index in [0.29, 0.717) is 0 Å². The Labute approximate surface area is 70.9 Å². The van der Waals surface area contributed by atoms with Crippen LogP contribution in [0.4, 0.5) is 0 Å². The Morgan fingerprint density at radius 2 is 2.25 bits per heavy atom. The third kappa shape index (κ3) is 1.09. The predicted molar refractivity (Wildman–Crippen MR) is 46.2 cm³/mol. The molecule has 0 aromatic carbocycles. The van der Waals surface area contributed by atoms with Gasteiger partial charge in [-0.05, 0) is 31.2 Å². The minimum absolute atomic E-state index is 0.00407. The van der Waals surface area contributed by atoms with Crippen molar-refractivity contribution in [1.82, 2.24) is 9.78 Å². The van der Waals surface area contributed by atoms with Gasteiger partial charge in [-0.2, -0.15) is 5.10 Å². The van der Waals surface area contributed by atoms with E-state index < -0.39 is 0 Å². The lowest BCUT2D eigenvalue weighted by molar-refractivity contribution is 0.672. The molecule has 4 heteroatoms. The molecule has 2 rings (SSSR count). The molecule has 0 radical (unpaired) electrons. The Balaban J connectivity index is 2.38. The highest BCUT2D eigenvalue weighted by Gasteiger charge is 2.13. The Kier molecular flexibility index (Phi) is 1.60. The summed E-state index contributed by atoms with van der Waals surface area (Å²) in [4.78, 5) is 0. The molecule has 0 saturated heterocycles. The van der Waals surface area contributed by atoms with Crippen molar-refractivity contribution in [1.29, 1.82) is 5.41 Å². The zero-order valence-electron chi connectivity index (χ0n) is 6.88. The van der Waals surface area contributed by atoms with Crippen molar-refractivity contribution in [3.05, 3.63) is 17.5 Å². The van der Waals surface area contributed by atoms with E-state index in [2.05, 4.69) is 5.10 Å². The van der Waals surface area contributed by atoms with Crippen LogP contribution in [-0.4, -0.2) is 15.7 Å². The summed E-state index contributed by atoms with van der Waals surface area (Å²) in [7, 11) is 0. The van der Waals surface area contributed by atoms with E-state index in [-0.39, 0.29) is 5.96 Å². The molecule has 1 aliphatic rings. The SMILES string of the molecule is N=C(N)n1cc2c(n1)CCCC2. The lowest BCUT2D eigenvalue weighted by atomic mass is 9.99. The maximum absolute atomic E-state index is 7.19. The van der Waals surface area contributed by atoms with Crippen LogP contribution >= 0.6 is 0 Å². The normalized spacial score (nSPS) is 15.7. The standard InChI is InChI=1S/C8H12N4/c9-8(10)12-5-6-3-1-2-4-7(6)11-12/h5H,1-4H2,(H3,9,10). The van der Waals surface area contributed by atoms with Crippen LogP contribution in [0.1, 0.15) is 24.1 Å². The number of aryl methyl sites for hydroxylation is 2. The number of hydrogen-bond donors (Lipinski definition) is 2. The summed E-state index contributed by atoms with van der Waals surface area (Å²) in [5.74, 6) is 0.00407. The molecule has 64 valence electrons. The molecule has 1 aromatic rings. The maximum atomic E-state index is 7.19. The average Bonchev–Trinajstić information content (AvgIpc) is 2.46. The van der Waals surface area contributed by atoms with Crippen molar-refractivity contribution in [3.8, 4) is 0 Å². The van der Waals surface area contributed by atoms with Gasteiger partial charge in [0, 0.05) is 6.20 Å². The highest BCUT2D eigenvalue weighted by molar-refractivity contribution is 5.76. The van der Waals surface area contributed by atoms with Crippen molar-refractivity contribution in [2.75, 3.05) is 0 Å². The van der Waals surface area contributed by atoms with Gasteiger partial charge in [0.2, 0.25) is 5.96 Å². The van der Waals surface area contributed by atoms with Gasteiger partial charge in [-0.3, -0.25) is 5.41 Å². The number of fused-ring (bicyclic) bond motifs is 1. The fraction of sp³-hybridized carbons (Fsp3) is 0.500. The summed E-state index contributed by atoms with van der Waals surface area (Å²) >= 11 is 0. The molecule has 0 unspecified atom stereocenters. The Bertz CT molecular complexity index is 289. The number of nitrogen functional groups attached to an aromatic ring is 1. The number of nitrogens with two attached hydrogens (primary N) is 1. The molecule has 1 aliphatic carbocycles. The number of nitrogens with one attached hydrogen (secondary N) is 1. The fourth-order valence-corrected chi connectivity index (χ4v) is 1.60. The van der Waals surface area contributed by atoms with Gasteiger partial charge in [-0.25, -0.2) is 4.68 Å². The predicted octanol–water partition coefficient (Wildman–Crippen LogP) is 0.503. The van der Waals surface area contributed by atoms with Gasteiger partial charge in [0.05, 0.1) is 5.69 Å². The zero-order valence-corrected chi connectivity index (χ0v) is 6.88. The first kappa shape index (κ1) is 7.34. The summed E-state index contributed by atoms with van der Waals surface area (Å²) < 4.78 is 1.45. The molecule has 0 spiro atoms. The summed E-state index contributed by atoms with van der Waals surface area (Å²) in [5, 5.41) is 11.4.